The van der Waals surface area contributed by atoms with Crippen LogP contribution < -0.4 is 14.8 Å². The van der Waals surface area contributed by atoms with Gasteiger partial charge >= 0.3 is 0 Å². The lowest BCUT2D eigenvalue weighted by Gasteiger charge is -2.25. The molecule has 3 heteroatoms. The summed E-state index contributed by atoms with van der Waals surface area (Å²) in [6.07, 6.45) is 2.41. The highest BCUT2D eigenvalue weighted by atomic mass is 16.5. The number of rotatable bonds is 7. The molecule has 6 aromatic rings. The van der Waals surface area contributed by atoms with Crippen LogP contribution in [0.1, 0.15) is 29.9 Å². The predicted octanol–water partition coefficient (Wildman–Crippen LogP) is 9.23. The van der Waals surface area contributed by atoms with Crippen LogP contribution in [0, 0.1) is 0 Å². The quantitative estimate of drug-likeness (QED) is 0.215. The Balaban J connectivity index is 1.17. The minimum atomic E-state index is 0.309. The summed E-state index contributed by atoms with van der Waals surface area (Å²) < 4.78 is 10.8. The maximum absolute atomic E-state index is 5.39. The Labute approximate surface area is 247 Å². The van der Waals surface area contributed by atoms with Crippen LogP contribution in [0.2, 0.25) is 0 Å². The third kappa shape index (κ3) is 5.13. The molecule has 1 fully saturated rings. The van der Waals surface area contributed by atoms with E-state index in [-0.39, 0.29) is 0 Å². The van der Waals surface area contributed by atoms with Gasteiger partial charge in [0.1, 0.15) is 11.5 Å². The van der Waals surface area contributed by atoms with Crippen molar-refractivity contribution in [2.45, 2.75) is 24.8 Å². The van der Waals surface area contributed by atoms with E-state index in [0.29, 0.717) is 12.0 Å². The molecule has 1 unspecified atom stereocenters. The highest BCUT2D eigenvalue weighted by molar-refractivity contribution is 5.89. The van der Waals surface area contributed by atoms with Gasteiger partial charge in [0.15, 0.2) is 0 Å². The monoisotopic (exact) mass is 549 g/mol. The van der Waals surface area contributed by atoms with Gasteiger partial charge in [-0.15, -0.1) is 0 Å². The summed E-state index contributed by atoms with van der Waals surface area (Å²) in [5.74, 6) is 2.08. The molecule has 0 saturated carbocycles. The van der Waals surface area contributed by atoms with E-state index >= 15 is 0 Å². The molecule has 42 heavy (non-hydrogen) atoms. The van der Waals surface area contributed by atoms with Crippen molar-refractivity contribution in [1.29, 1.82) is 0 Å². The van der Waals surface area contributed by atoms with E-state index < -0.39 is 0 Å². The Hall–Kier alpha value is -4.60. The van der Waals surface area contributed by atoms with E-state index in [9.17, 15) is 0 Å². The first-order valence-corrected chi connectivity index (χ1v) is 14.8. The molecule has 0 amide bonds. The molecule has 1 heterocycles. The highest BCUT2D eigenvalue weighted by Crippen LogP contribution is 2.36. The average Bonchev–Trinajstić information content (AvgIpc) is 3.59. The number of ether oxygens (including phenoxy) is 2. The summed E-state index contributed by atoms with van der Waals surface area (Å²) in [5, 5.41) is 8.60. The Morgan fingerprint density at radius 3 is 1.38 bits per heavy atom. The topological polar surface area (TPSA) is 30.5 Å². The molecule has 1 aliphatic heterocycles. The minimum absolute atomic E-state index is 0.309. The molecule has 1 saturated heterocycles. The van der Waals surface area contributed by atoms with Crippen molar-refractivity contribution in [2.24, 2.45) is 0 Å². The second-order valence-corrected chi connectivity index (χ2v) is 11.3. The van der Waals surface area contributed by atoms with Gasteiger partial charge in [0.2, 0.25) is 0 Å². The molecule has 0 radical (unpaired) electrons. The maximum atomic E-state index is 5.39. The summed E-state index contributed by atoms with van der Waals surface area (Å²) in [6, 6.07) is 44.6. The van der Waals surface area contributed by atoms with Gasteiger partial charge in [-0.3, -0.25) is 0 Å². The molecule has 1 atom stereocenters. The molecule has 1 N–H and O–H groups in total. The lowest BCUT2D eigenvalue weighted by Crippen LogP contribution is -2.29. The van der Waals surface area contributed by atoms with Crippen LogP contribution in [0.15, 0.2) is 121 Å². The summed E-state index contributed by atoms with van der Waals surface area (Å²) in [6.45, 7) is 1.08. The van der Waals surface area contributed by atoms with Gasteiger partial charge in [-0.05, 0) is 111 Å². The van der Waals surface area contributed by atoms with Crippen LogP contribution >= 0.6 is 0 Å². The lowest BCUT2D eigenvalue weighted by molar-refractivity contribution is 0.415. The summed E-state index contributed by atoms with van der Waals surface area (Å²) in [7, 11) is 3.42. The van der Waals surface area contributed by atoms with Crippen molar-refractivity contribution in [3.05, 3.63) is 132 Å². The average molecular weight is 550 g/mol. The number of fused-ring (bicyclic) bond motifs is 2. The number of hydrogen-bond donors (Lipinski definition) is 1. The predicted molar refractivity (Wildman–Crippen MR) is 175 cm³/mol. The fourth-order valence-corrected chi connectivity index (χ4v) is 6.48. The molecular weight excluding hydrogens is 514 g/mol. The third-order valence-electron chi connectivity index (χ3n) is 8.80. The standard InChI is InChI=1S/C39H35NO2/c1-41-36-19-17-32-22-30(13-15-34(32)24-36)26-5-9-28(10-6-26)39(38-4-3-21-40-38)29-11-7-27(8-12-29)31-14-16-35-25-37(42-2)20-18-33(35)23-31/h5-20,22-25,38-40H,3-4,21H2,1-2H3. The SMILES string of the molecule is COc1ccc2cc(-c3ccc(C(c4ccc(-c5ccc6cc(OC)ccc6c5)cc4)C4CCCN4)cc3)ccc2c1. The van der Waals surface area contributed by atoms with E-state index in [1.807, 2.05) is 12.1 Å². The van der Waals surface area contributed by atoms with Crippen LogP contribution in [0.3, 0.4) is 0 Å². The summed E-state index contributed by atoms with van der Waals surface area (Å²) in [5.41, 5.74) is 7.64. The normalized spacial score (nSPS) is 15.0. The van der Waals surface area contributed by atoms with Crippen molar-refractivity contribution >= 4 is 21.5 Å². The van der Waals surface area contributed by atoms with E-state index in [1.165, 1.54) is 67.8 Å². The van der Waals surface area contributed by atoms with E-state index in [0.717, 1.165) is 18.0 Å². The fourth-order valence-electron chi connectivity index (χ4n) is 6.48. The van der Waals surface area contributed by atoms with Crippen LogP contribution in [-0.2, 0) is 0 Å². The molecule has 0 spiro atoms. The van der Waals surface area contributed by atoms with E-state index in [4.69, 9.17) is 9.47 Å². The zero-order valence-electron chi connectivity index (χ0n) is 24.1. The van der Waals surface area contributed by atoms with Crippen molar-refractivity contribution in [3.8, 4) is 33.8 Å². The number of benzene rings is 6. The van der Waals surface area contributed by atoms with Crippen LogP contribution in [0.5, 0.6) is 11.5 Å². The van der Waals surface area contributed by atoms with E-state index in [2.05, 4.69) is 115 Å². The first-order chi connectivity index (χ1) is 20.7. The molecule has 0 aliphatic carbocycles. The van der Waals surface area contributed by atoms with E-state index in [1.54, 1.807) is 14.2 Å². The highest BCUT2D eigenvalue weighted by Gasteiger charge is 2.27. The second kappa shape index (κ2) is 11.3. The Kier molecular flexibility index (Phi) is 7.11. The van der Waals surface area contributed by atoms with Crippen molar-refractivity contribution in [2.75, 3.05) is 20.8 Å². The van der Waals surface area contributed by atoms with Crippen molar-refractivity contribution in [3.63, 3.8) is 0 Å². The molecule has 208 valence electrons. The number of methoxy groups -OCH3 is 2. The Bertz CT molecular complexity index is 1720. The fraction of sp³-hybridized carbons (Fsp3) is 0.179. The summed E-state index contributed by atoms with van der Waals surface area (Å²) >= 11 is 0. The van der Waals surface area contributed by atoms with Crippen molar-refractivity contribution < 1.29 is 9.47 Å². The first kappa shape index (κ1) is 26.3. The lowest BCUT2D eigenvalue weighted by atomic mass is 9.83. The maximum Gasteiger partial charge on any atom is 0.119 e. The second-order valence-electron chi connectivity index (χ2n) is 11.3. The van der Waals surface area contributed by atoms with Gasteiger partial charge in [0, 0.05) is 12.0 Å². The van der Waals surface area contributed by atoms with Gasteiger partial charge in [-0.1, -0.05) is 84.9 Å². The third-order valence-corrected chi connectivity index (χ3v) is 8.80. The van der Waals surface area contributed by atoms with Gasteiger partial charge in [-0.25, -0.2) is 0 Å². The van der Waals surface area contributed by atoms with Crippen molar-refractivity contribution in [1.82, 2.24) is 5.32 Å². The number of nitrogens with one attached hydrogen (secondary N) is 1. The van der Waals surface area contributed by atoms with Gasteiger partial charge in [0.05, 0.1) is 14.2 Å². The molecular formula is C39H35NO2. The molecule has 1 aliphatic rings. The van der Waals surface area contributed by atoms with Gasteiger partial charge < -0.3 is 14.8 Å². The minimum Gasteiger partial charge on any atom is -0.497 e. The largest absolute Gasteiger partial charge is 0.497 e. The smallest absolute Gasteiger partial charge is 0.119 e. The molecule has 0 aromatic heterocycles. The van der Waals surface area contributed by atoms with Gasteiger partial charge in [-0.2, -0.15) is 0 Å². The summed E-state index contributed by atoms with van der Waals surface area (Å²) in [4.78, 5) is 0. The number of hydrogen-bond acceptors (Lipinski definition) is 3. The Morgan fingerprint density at radius 1 is 0.524 bits per heavy atom. The molecule has 0 bridgehead atoms. The zero-order chi connectivity index (χ0) is 28.5. The molecule has 3 nitrogen and oxygen atoms in total. The first-order valence-electron chi connectivity index (χ1n) is 14.8. The van der Waals surface area contributed by atoms with Crippen LogP contribution in [0.4, 0.5) is 0 Å². The Morgan fingerprint density at radius 2 is 0.952 bits per heavy atom. The zero-order valence-corrected chi connectivity index (χ0v) is 24.1. The van der Waals surface area contributed by atoms with Crippen LogP contribution in [-0.4, -0.2) is 26.8 Å². The van der Waals surface area contributed by atoms with Crippen LogP contribution in [0.25, 0.3) is 43.8 Å². The molecule has 6 aromatic carbocycles. The molecule has 7 rings (SSSR count). The van der Waals surface area contributed by atoms with Gasteiger partial charge in [0.25, 0.3) is 0 Å².